The Morgan fingerprint density at radius 3 is 2.30 bits per heavy atom. The fourth-order valence-corrected chi connectivity index (χ4v) is 4.62. The normalized spacial score (nSPS) is 12.5. The number of aryl methyl sites for hydroxylation is 3. The van der Waals surface area contributed by atoms with Crippen LogP contribution in [0, 0.1) is 20.8 Å². The second-order valence-electron chi connectivity index (χ2n) is 9.20. The number of aromatic nitrogens is 2. The van der Waals surface area contributed by atoms with Gasteiger partial charge in [0.15, 0.2) is 0 Å². The van der Waals surface area contributed by atoms with Crippen LogP contribution in [0.1, 0.15) is 46.3 Å². The van der Waals surface area contributed by atoms with E-state index in [1.54, 1.807) is 48.9 Å². The number of carboxylic acid groups (broad SMARTS) is 1. The Hall–Kier alpha value is -4.52. The van der Waals surface area contributed by atoms with Gasteiger partial charge in [-0.3, -0.25) is 23.9 Å². The first-order chi connectivity index (χ1) is 17.7. The second-order valence-corrected chi connectivity index (χ2v) is 9.20. The molecular formula is C30H29N3O4. The van der Waals surface area contributed by atoms with Gasteiger partial charge in [-0.2, -0.15) is 0 Å². The lowest BCUT2D eigenvalue weighted by molar-refractivity contribution is -0.137. The maximum Gasteiger partial charge on any atom is 0.305 e. The molecule has 0 aliphatic rings. The van der Waals surface area contributed by atoms with Crippen molar-refractivity contribution in [2.24, 2.45) is 0 Å². The van der Waals surface area contributed by atoms with Gasteiger partial charge >= 0.3 is 5.97 Å². The summed E-state index contributed by atoms with van der Waals surface area (Å²) in [7, 11) is 0. The van der Waals surface area contributed by atoms with E-state index in [9.17, 15) is 19.5 Å². The lowest BCUT2D eigenvalue weighted by Crippen LogP contribution is -2.40. The standard InChI is InChI=1S/C30H29N3O4/c1-19-12-13-26(34)33(18-19)29(22-10-5-4-6-11-22)30(37)32-25(15-27(35)36)23-14-24(17-31-16-23)28-20(2)8-7-9-21(28)3/h4-14,16-18,25,29H,15H2,1-3H3,(H,32,37)(H,35,36)/t25?,29-/m0/s1. The van der Waals surface area contributed by atoms with Gasteiger partial charge in [-0.25, -0.2) is 0 Å². The number of pyridine rings is 2. The minimum absolute atomic E-state index is 0.330. The van der Waals surface area contributed by atoms with Gasteiger partial charge in [0.1, 0.15) is 6.04 Å². The van der Waals surface area contributed by atoms with Crippen LogP contribution in [0.2, 0.25) is 0 Å². The molecule has 1 unspecified atom stereocenters. The zero-order valence-electron chi connectivity index (χ0n) is 21.0. The molecule has 2 atom stereocenters. The van der Waals surface area contributed by atoms with Crippen molar-refractivity contribution in [1.82, 2.24) is 14.9 Å². The summed E-state index contributed by atoms with van der Waals surface area (Å²) >= 11 is 0. The van der Waals surface area contributed by atoms with Crippen LogP contribution in [0.5, 0.6) is 0 Å². The van der Waals surface area contributed by atoms with Crippen molar-refractivity contribution < 1.29 is 14.7 Å². The molecule has 7 heteroatoms. The Balaban J connectivity index is 1.75. The Morgan fingerprint density at radius 1 is 0.919 bits per heavy atom. The third-order valence-electron chi connectivity index (χ3n) is 6.35. The molecule has 4 rings (SSSR count). The summed E-state index contributed by atoms with van der Waals surface area (Å²) in [6.07, 6.45) is 4.60. The molecule has 0 aliphatic carbocycles. The van der Waals surface area contributed by atoms with Crippen LogP contribution in [0.3, 0.4) is 0 Å². The van der Waals surface area contributed by atoms with Crippen molar-refractivity contribution in [3.63, 3.8) is 0 Å². The van der Waals surface area contributed by atoms with Crippen LogP contribution < -0.4 is 10.9 Å². The predicted octanol–water partition coefficient (Wildman–Crippen LogP) is 4.76. The van der Waals surface area contributed by atoms with Crippen LogP contribution in [0.25, 0.3) is 11.1 Å². The molecule has 4 aromatic rings. The molecule has 2 N–H and O–H groups in total. The number of hydrogen-bond acceptors (Lipinski definition) is 4. The Morgan fingerprint density at radius 2 is 1.62 bits per heavy atom. The van der Waals surface area contributed by atoms with Crippen LogP contribution in [0.4, 0.5) is 0 Å². The molecule has 1 amide bonds. The molecule has 0 fully saturated rings. The molecular weight excluding hydrogens is 466 g/mol. The van der Waals surface area contributed by atoms with Gasteiger partial charge in [-0.15, -0.1) is 0 Å². The second kappa shape index (κ2) is 11.0. The lowest BCUT2D eigenvalue weighted by Gasteiger charge is -2.24. The highest BCUT2D eigenvalue weighted by atomic mass is 16.4. The molecule has 7 nitrogen and oxygen atoms in total. The van der Waals surface area contributed by atoms with Gasteiger partial charge in [0.25, 0.3) is 5.56 Å². The quantitative estimate of drug-likeness (QED) is 0.367. The van der Waals surface area contributed by atoms with Crippen molar-refractivity contribution >= 4 is 11.9 Å². The van der Waals surface area contributed by atoms with E-state index in [4.69, 9.17) is 0 Å². The van der Waals surface area contributed by atoms with E-state index in [0.29, 0.717) is 11.1 Å². The molecule has 0 spiro atoms. The van der Waals surface area contributed by atoms with E-state index in [1.807, 2.05) is 51.1 Å². The largest absolute Gasteiger partial charge is 0.481 e. The maximum absolute atomic E-state index is 13.8. The zero-order chi connectivity index (χ0) is 26.5. The Kier molecular flexibility index (Phi) is 7.63. The van der Waals surface area contributed by atoms with Crippen molar-refractivity contribution in [2.45, 2.75) is 39.3 Å². The lowest BCUT2D eigenvalue weighted by atomic mass is 9.94. The highest BCUT2D eigenvalue weighted by Crippen LogP contribution is 2.29. The van der Waals surface area contributed by atoms with Crippen LogP contribution in [-0.4, -0.2) is 26.5 Å². The average Bonchev–Trinajstić information content (AvgIpc) is 2.86. The van der Waals surface area contributed by atoms with E-state index < -0.39 is 24.0 Å². The number of rotatable bonds is 8. The highest BCUT2D eigenvalue weighted by molar-refractivity contribution is 5.84. The van der Waals surface area contributed by atoms with E-state index >= 15 is 0 Å². The number of nitrogens with zero attached hydrogens (tertiary/aromatic N) is 2. The summed E-state index contributed by atoms with van der Waals surface area (Å²) in [5.41, 5.74) is 5.67. The first-order valence-corrected chi connectivity index (χ1v) is 12.0. The van der Waals surface area contributed by atoms with Gasteiger partial charge in [0.05, 0.1) is 12.5 Å². The van der Waals surface area contributed by atoms with Crippen molar-refractivity contribution in [2.75, 3.05) is 0 Å². The summed E-state index contributed by atoms with van der Waals surface area (Å²) in [6.45, 7) is 5.86. The number of benzene rings is 2. The summed E-state index contributed by atoms with van der Waals surface area (Å²) < 4.78 is 1.38. The Bertz CT molecular complexity index is 1470. The minimum atomic E-state index is -1.06. The molecule has 2 aromatic carbocycles. The molecule has 0 radical (unpaired) electrons. The number of aliphatic carboxylic acids is 1. The van der Waals surface area contributed by atoms with Crippen molar-refractivity contribution in [3.8, 4) is 11.1 Å². The monoisotopic (exact) mass is 495 g/mol. The summed E-state index contributed by atoms with van der Waals surface area (Å²) in [6, 6.07) is 18.1. The summed E-state index contributed by atoms with van der Waals surface area (Å²) in [5, 5.41) is 12.6. The topological polar surface area (TPSA) is 101 Å². The van der Waals surface area contributed by atoms with Gasteiger partial charge in [0, 0.05) is 30.2 Å². The van der Waals surface area contributed by atoms with E-state index in [0.717, 1.165) is 27.8 Å². The van der Waals surface area contributed by atoms with E-state index in [1.165, 1.54) is 10.6 Å². The number of carbonyl (C=O) groups excluding carboxylic acids is 1. The molecule has 0 saturated carbocycles. The highest BCUT2D eigenvalue weighted by Gasteiger charge is 2.28. The number of nitrogens with one attached hydrogen (secondary N) is 1. The first kappa shape index (κ1) is 25.6. The fraction of sp³-hybridized carbons (Fsp3) is 0.200. The van der Waals surface area contributed by atoms with Gasteiger partial charge < -0.3 is 10.4 Å². The fourth-order valence-electron chi connectivity index (χ4n) is 4.62. The van der Waals surface area contributed by atoms with Crippen molar-refractivity contribution in [1.29, 1.82) is 0 Å². The third kappa shape index (κ3) is 5.83. The molecule has 0 aliphatic heterocycles. The first-order valence-electron chi connectivity index (χ1n) is 12.0. The number of hydrogen-bond donors (Lipinski definition) is 2. The molecule has 2 heterocycles. The number of carboxylic acids is 1. The smallest absolute Gasteiger partial charge is 0.305 e. The predicted molar refractivity (Wildman–Crippen MR) is 142 cm³/mol. The van der Waals surface area contributed by atoms with Gasteiger partial charge in [0.2, 0.25) is 5.91 Å². The van der Waals surface area contributed by atoms with Crippen LogP contribution >= 0.6 is 0 Å². The average molecular weight is 496 g/mol. The SMILES string of the molecule is Cc1ccc(=O)n([C@H](C(=O)NC(CC(=O)O)c2cncc(-c3c(C)cccc3C)c2)c2ccccc2)c1. The molecule has 37 heavy (non-hydrogen) atoms. The molecule has 0 saturated heterocycles. The molecule has 188 valence electrons. The van der Waals surface area contributed by atoms with Crippen LogP contribution in [-0.2, 0) is 9.59 Å². The van der Waals surface area contributed by atoms with Crippen LogP contribution in [0.15, 0.2) is 90.1 Å². The molecule has 0 bridgehead atoms. The number of carbonyl (C=O) groups is 2. The van der Waals surface area contributed by atoms with E-state index in [-0.39, 0.29) is 12.0 Å². The van der Waals surface area contributed by atoms with Gasteiger partial charge in [-0.05, 0) is 60.2 Å². The third-order valence-corrected chi connectivity index (χ3v) is 6.35. The van der Waals surface area contributed by atoms with E-state index in [2.05, 4.69) is 10.3 Å². The van der Waals surface area contributed by atoms with Crippen molar-refractivity contribution in [3.05, 3.63) is 123 Å². The summed E-state index contributed by atoms with van der Waals surface area (Å²) in [5.74, 6) is -1.55. The maximum atomic E-state index is 13.8. The molecule has 2 aromatic heterocycles. The minimum Gasteiger partial charge on any atom is -0.481 e. The number of amides is 1. The zero-order valence-corrected chi connectivity index (χ0v) is 21.0. The Labute approximate surface area is 215 Å². The van der Waals surface area contributed by atoms with Gasteiger partial charge in [-0.1, -0.05) is 54.6 Å². The summed E-state index contributed by atoms with van der Waals surface area (Å²) in [4.78, 5) is 42.7.